The lowest BCUT2D eigenvalue weighted by molar-refractivity contribution is -0.136. The third-order valence-corrected chi connectivity index (χ3v) is 4.25. The molecule has 1 unspecified atom stereocenters. The molecular weight excluding hydrogens is 264 g/mol. The molecule has 4 heteroatoms. The van der Waals surface area contributed by atoms with Gasteiger partial charge in [0.15, 0.2) is 0 Å². The first-order valence-corrected chi connectivity index (χ1v) is 7.82. The van der Waals surface area contributed by atoms with Crippen molar-refractivity contribution in [2.45, 2.75) is 57.9 Å². The van der Waals surface area contributed by atoms with E-state index in [2.05, 4.69) is 24.5 Å². The summed E-state index contributed by atoms with van der Waals surface area (Å²) in [5.41, 5.74) is 1.81. The number of rotatable bonds is 4. The number of hydrogen-bond donors (Lipinski definition) is 2. The minimum Gasteiger partial charge on any atom is -0.345 e. The molecule has 21 heavy (non-hydrogen) atoms. The zero-order valence-electron chi connectivity index (χ0n) is 12.8. The van der Waals surface area contributed by atoms with E-state index in [1.165, 1.54) is 0 Å². The zero-order chi connectivity index (χ0) is 15.2. The van der Waals surface area contributed by atoms with Crippen LogP contribution in [0.2, 0.25) is 0 Å². The molecule has 4 nitrogen and oxygen atoms in total. The van der Waals surface area contributed by atoms with Gasteiger partial charge in [0.05, 0.1) is 0 Å². The molecule has 0 aliphatic heterocycles. The van der Waals surface area contributed by atoms with Crippen LogP contribution in [-0.4, -0.2) is 17.9 Å². The Morgan fingerprint density at radius 3 is 2.52 bits per heavy atom. The normalized spacial score (nSPS) is 16.5. The molecule has 0 spiro atoms. The number of anilines is 1. The molecule has 0 aromatic heterocycles. The SMILES string of the molecule is CCC(C)c1ccccc1NC(=O)C(=O)NC1CCCC1. The minimum absolute atomic E-state index is 0.160. The third kappa shape index (κ3) is 4.06. The fourth-order valence-electron chi connectivity index (χ4n) is 2.76. The lowest BCUT2D eigenvalue weighted by Gasteiger charge is -2.16. The summed E-state index contributed by atoms with van der Waals surface area (Å²) >= 11 is 0. The van der Waals surface area contributed by atoms with E-state index in [-0.39, 0.29) is 6.04 Å². The standard InChI is InChI=1S/C17H24N2O2/c1-3-12(2)14-10-6-7-11-15(14)19-17(21)16(20)18-13-8-4-5-9-13/h6-7,10-13H,3-5,8-9H2,1-2H3,(H,18,20)(H,19,21). The van der Waals surface area contributed by atoms with E-state index in [1.54, 1.807) is 0 Å². The summed E-state index contributed by atoms with van der Waals surface area (Å²) in [6, 6.07) is 7.83. The quantitative estimate of drug-likeness (QED) is 0.836. The number of hydrogen-bond acceptors (Lipinski definition) is 2. The van der Waals surface area contributed by atoms with Crippen LogP contribution in [-0.2, 0) is 9.59 Å². The van der Waals surface area contributed by atoms with Crippen LogP contribution in [0.5, 0.6) is 0 Å². The van der Waals surface area contributed by atoms with Crippen molar-refractivity contribution in [2.24, 2.45) is 0 Å². The fourth-order valence-corrected chi connectivity index (χ4v) is 2.76. The summed E-state index contributed by atoms with van der Waals surface area (Å²) in [7, 11) is 0. The molecule has 1 fully saturated rings. The summed E-state index contributed by atoms with van der Waals surface area (Å²) in [5, 5.41) is 5.56. The van der Waals surface area contributed by atoms with Gasteiger partial charge in [-0.2, -0.15) is 0 Å². The van der Waals surface area contributed by atoms with Crippen molar-refractivity contribution in [3.05, 3.63) is 29.8 Å². The predicted molar refractivity (Wildman–Crippen MR) is 84.2 cm³/mol. The second kappa shape index (κ2) is 7.25. The molecule has 0 heterocycles. The zero-order valence-corrected chi connectivity index (χ0v) is 12.8. The number of nitrogens with one attached hydrogen (secondary N) is 2. The van der Waals surface area contributed by atoms with Crippen molar-refractivity contribution in [1.82, 2.24) is 5.32 Å². The van der Waals surface area contributed by atoms with E-state index in [0.29, 0.717) is 5.92 Å². The van der Waals surface area contributed by atoms with Crippen molar-refractivity contribution in [2.75, 3.05) is 5.32 Å². The van der Waals surface area contributed by atoms with E-state index in [4.69, 9.17) is 0 Å². The van der Waals surface area contributed by atoms with E-state index < -0.39 is 11.8 Å². The summed E-state index contributed by atoms with van der Waals surface area (Å²) in [6.07, 6.45) is 5.19. The second-order valence-electron chi connectivity index (χ2n) is 5.81. The Balaban J connectivity index is 2.00. The number of benzene rings is 1. The van der Waals surface area contributed by atoms with Gasteiger partial charge in [0.25, 0.3) is 0 Å². The smallest absolute Gasteiger partial charge is 0.313 e. The van der Waals surface area contributed by atoms with Crippen molar-refractivity contribution in [3.63, 3.8) is 0 Å². The summed E-state index contributed by atoms with van der Waals surface area (Å²) < 4.78 is 0. The van der Waals surface area contributed by atoms with E-state index in [1.807, 2.05) is 24.3 Å². The molecule has 1 aromatic carbocycles. The van der Waals surface area contributed by atoms with E-state index in [9.17, 15) is 9.59 Å². The Hall–Kier alpha value is -1.84. The van der Waals surface area contributed by atoms with Crippen molar-refractivity contribution >= 4 is 17.5 Å². The Kier molecular flexibility index (Phi) is 5.37. The van der Waals surface area contributed by atoms with Gasteiger partial charge in [0.2, 0.25) is 0 Å². The summed E-state index contributed by atoms with van der Waals surface area (Å²) in [4.78, 5) is 24.0. The molecule has 1 aliphatic carbocycles. The lowest BCUT2D eigenvalue weighted by Crippen LogP contribution is -2.40. The topological polar surface area (TPSA) is 58.2 Å². The molecule has 114 valence electrons. The van der Waals surface area contributed by atoms with Gasteiger partial charge in [0.1, 0.15) is 0 Å². The molecule has 2 N–H and O–H groups in total. The van der Waals surface area contributed by atoms with Crippen LogP contribution in [0, 0.1) is 0 Å². The molecule has 1 aromatic rings. The fraction of sp³-hybridized carbons (Fsp3) is 0.529. The van der Waals surface area contributed by atoms with Crippen LogP contribution >= 0.6 is 0 Å². The van der Waals surface area contributed by atoms with Crippen LogP contribution in [0.4, 0.5) is 5.69 Å². The van der Waals surface area contributed by atoms with Crippen molar-refractivity contribution in [3.8, 4) is 0 Å². The van der Waals surface area contributed by atoms with Crippen LogP contribution in [0.3, 0.4) is 0 Å². The molecule has 0 saturated heterocycles. The van der Waals surface area contributed by atoms with Crippen LogP contribution in [0.15, 0.2) is 24.3 Å². The van der Waals surface area contributed by atoms with Crippen LogP contribution in [0.1, 0.15) is 57.4 Å². The lowest BCUT2D eigenvalue weighted by atomic mass is 9.97. The number of para-hydroxylation sites is 1. The molecule has 0 bridgehead atoms. The van der Waals surface area contributed by atoms with Crippen LogP contribution < -0.4 is 10.6 Å². The van der Waals surface area contributed by atoms with Gasteiger partial charge in [-0.3, -0.25) is 9.59 Å². The molecule has 2 amide bonds. The third-order valence-electron chi connectivity index (χ3n) is 4.25. The monoisotopic (exact) mass is 288 g/mol. The largest absolute Gasteiger partial charge is 0.345 e. The van der Waals surface area contributed by atoms with Gasteiger partial charge < -0.3 is 10.6 Å². The van der Waals surface area contributed by atoms with Crippen molar-refractivity contribution in [1.29, 1.82) is 0 Å². The maximum Gasteiger partial charge on any atom is 0.313 e. The average Bonchev–Trinajstić information content (AvgIpc) is 2.99. The first-order chi connectivity index (χ1) is 10.1. The summed E-state index contributed by atoms with van der Waals surface area (Å²) in [5.74, 6) is -0.752. The Labute approximate surface area is 126 Å². The minimum atomic E-state index is -0.572. The highest BCUT2D eigenvalue weighted by molar-refractivity contribution is 6.39. The van der Waals surface area contributed by atoms with Crippen LogP contribution in [0.25, 0.3) is 0 Å². The Bertz CT molecular complexity index is 507. The predicted octanol–water partition coefficient (Wildman–Crippen LogP) is 3.20. The molecule has 1 aliphatic rings. The second-order valence-corrected chi connectivity index (χ2v) is 5.81. The van der Waals surface area contributed by atoms with E-state index >= 15 is 0 Å². The van der Waals surface area contributed by atoms with Gasteiger partial charge in [0, 0.05) is 11.7 Å². The van der Waals surface area contributed by atoms with Gasteiger partial charge >= 0.3 is 11.8 Å². The Morgan fingerprint density at radius 2 is 1.86 bits per heavy atom. The van der Waals surface area contributed by atoms with Crippen molar-refractivity contribution < 1.29 is 9.59 Å². The molecule has 2 rings (SSSR count). The molecule has 0 radical (unpaired) electrons. The number of carbonyl (C=O) groups is 2. The molecular formula is C17H24N2O2. The van der Waals surface area contributed by atoms with Gasteiger partial charge in [-0.05, 0) is 36.8 Å². The summed E-state index contributed by atoms with van der Waals surface area (Å²) in [6.45, 7) is 4.22. The highest BCUT2D eigenvalue weighted by Crippen LogP contribution is 2.26. The van der Waals surface area contributed by atoms with Gasteiger partial charge in [-0.25, -0.2) is 0 Å². The van der Waals surface area contributed by atoms with Gasteiger partial charge in [-0.1, -0.05) is 44.9 Å². The van der Waals surface area contributed by atoms with E-state index in [0.717, 1.165) is 43.4 Å². The average molecular weight is 288 g/mol. The highest BCUT2D eigenvalue weighted by Gasteiger charge is 2.22. The number of carbonyl (C=O) groups excluding carboxylic acids is 2. The van der Waals surface area contributed by atoms with Gasteiger partial charge in [-0.15, -0.1) is 0 Å². The number of amides is 2. The first kappa shape index (κ1) is 15.5. The Morgan fingerprint density at radius 1 is 1.19 bits per heavy atom. The maximum absolute atomic E-state index is 12.0. The highest BCUT2D eigenvalue weighted by atomic mass is 16.2. The first-order valence-electron chi connectivity index (χ1n) is 7.82. The maximum atomic E-state index is 12.0. The molecule has 1 atom stereocenters. The molecule has 1 saturated carbocycles.